The van der Waals surface area contributed by atoms with E-state index >= 15 is 0 Å². The highest BCUT2D eigenvalue weighted by atomic mass is 16.2. The minimum atomic E-state index is -0.196. The Balaban J connectivity index is 1.35. The Kier molecular flexibility index (Phi) is 8.04. The van der Waals surface area contributed by atoms with E-state index < -0.39 is 0 Å². The van der Waals surface area contributed by atoms with Gasteiger partial charge in [-0.25, -0.2) is 4.98 Å². The molecule has 2 amide bonds. The van der Waals surface area contributed by atoms with E-state index in [1.165, 1.54) is 5.56 Å². The first-order chi connectivity index (χ1) is 22.8. The molecule has 0 unspecified atom stereocenters. The molecule has 6 rings (SSSR count). The molecule has 1 aliphatic rings. The van der Waals surface area contributed by atoms with E-state index in [4.69, 9.17) is 4.98 Å². The number of nitrogens with zero attached hydrogens (tertiary/aromatic N) is 2. The van der Waals surface area contributed by atoms with Gasteiger partial charge in [0.15, 0.2) is 0 Å². The third-order valence-electron chi connectivity index (χ3n) is 10.1. The van der Waals surface area contributed by atoms with Crippen LogP contribution in [0.25, 0.3) is 22.4 Å². The molecule has 0 bridgehead atoms. The van der Waals surface area contributed by atoms with Gasteiger partial charge in [-0.15, -0.1) is 0 Å². The van der Waals surface area contributed by atoms with Gasteiger partial charge in [0.2, 0.25) is 0 Å². The lowest BCUT2D eigenvalue weighted by Crippen LogP contribution is -2.33. The molecule has 0 atom stereocenters. The zero-order valence-electron chi connectivity index (χ0n) is 30.0. The number of carbonyl (C=O) groups is 2. The lowest BCUT2D eigenvalue weighted by atomic mass is 9.88. The van der Waals surface area contributed by atoms with Crippen molar-refractivity contribution in [2.45, 2.75) is 75.2 Å². The van der Waals surface area contributed by atoms with E-state index in [0.717, 1.165) is 79.3 Å². The van der Waals surface area contributed by atoms with Crippen LogP contribution < -0.4 is 10.2 Å². The summed E-state index contributed by atoms with van der Waals surface area (Å²) < 4.78 is 9.18. The number of aryl methyl sites for hydroxylation is 4. The summed E-state index contributed by atoms with van der Waals surface area (Å²) in [6.07, 6.45) is 1.38. The van der Waals surface area contributed by atoms with Crippen molar-refractivity contribution in [2.75, 3.05) is 16.8 Å². The van der Waals surface area contributed by atoms with Crippen molar-refractivity contribution in [3.63, 3.8) is 0 Å². The van der Waals surface area contributed by atoms with Crippen LogP contribution in [0.5, 0.6) is 0 Å². The minimum absolute atomic E-state index is 0.180. The third-order valence-corrected chi connectivity index (χ3v) is 10.1. The number of anilines is 2. The summed E-state index contributed by atoms with van der Waals surface area (Å²) in [7, 11) is 0. The lowest BCUT2D eigenvalue weighted by molar-refractivity contribution is 0.0986. The maximum atomic E-state index is 14.3. The van der Waals surface area contributed by atoms with Gasteiger partial charge < -0.3 is 15.2 Å². The smallest absolute Gasteiger partial charge is 0.258 e. The van der Waals surface area contributed by atoms with Crippen LogP contribution in [0.3, 0.4) is 0 Å². The monoisotopic (exact) mass is 625 g/mol. The van der Waals surface area contributed by atoms with E-state index in [1.807, 2.05) is 51.1 Å². The number of H-pyrrole nitrogens is 1. The molecule has 1 aromatic heterocycles. The number of aromatic nitrogens is 2. The number of nitrogens with one attached hydrogen (secondary N) is 2. The van der Waals surface area contributed by atoms with Gasteiger partial charge in [0.1, 0.15) is 5.82 Å². The highest BCUT2D eigenvalue weighted by Gasteiger charge is 2.30. The van der Waals surface area contributed by atoms with Crippen LogP contribution in [0.15, 0.2) is 54.6 Å². The summed E-state index contributed by atoms with van der Waals surface area (Å²) in [6, 6.07) is 15.9. The van der Waals surface area contributed by atoms with Crippen LogP contribution in [-0.4, -0.2) is 28.3 Å². The van der Waals surface area contributed by atoms with Crippen molar-refractivity contribution >= 4 is 23.2 Å². The largest absolute Gasteiger partial charge is 0.345 e. The number of rotatable bonds is 5. The Labute approximate surface area is 279 Å². The van der Waals surface area contributed by atoms with E-state index in [-0.39, 0.29) is 11.8 Å². The molecule has 0 spiro atoms. The van der Waals surface area contributed by atoms with Gasteiger partial charge in [0, 0.05) is 47.5 Å². The second-order valence-corrected chi connectivity index (χ2v) is 13.0. The molecule has 2 N–H and O–H groups in total. The van der Waals surface area contributed by atoms with Crippen molar-refractivity contribution in [1.82, 2.24) is 9.97 Å². The molecule has 0 saturated carbocycles. The van der Waals surface area contributed by atoms with Crippen LogP contribution in [0, 0.1) is 55.4 Å². The molecule has 240 valence electrons. The number of fused-ring (bicyclic) bond motifs is 3. The number of hydrogen-bond donors (Lipinski definition) is 2. The maximum Gasteiger partial charge on any atom is 0.258 e. The number of imidazole rings is 1. The standard InChI is InChI=1S/C41H44N4O2/c1-10-36-42-34-18-19-45(35-21-24(4)26(6)29(9)38(35)39(34)44-36)41(47)30-15-17-33(25(5)20-30)43-40(46)32-16-14-23(3)28(8)37(32)31-13-11-12-22(2)27(31)7/h11-17,20-21H,10,18-19H2,1-9H3,(H,42,44)(H,43,46)/i21D. The maximum absolute atomic E-state index is 14.3. The summed E-state index contributed by atoms with van der Waals surface area (Å²) in [6.45, 7) is 18.8. The van der Waals surface area contributed by atoms with E-state index in [0.29, 0.717) is 41.5 Å². The summed E-state index contributed by atoms with van der Waals surface area (Å²) in [4.78, 5) is 38.4. The van der Waals surface area contributed by atoms with Crippen LogP contribution in [-0.2, 0) is 12.8 Å². The highest BCUT2D eigenvalue weighted by molar-refractivity contribution is 6.11. The SMILES string of the molecule is [2H]c1c(C)c(C)c(C)c2c1N(C(=O)c1ccc(NC(=O)c3ccc(C)c(C)c3-c3cccc(C)c3C)c(C)c1)CCc1[nH]c(CC)nc1-2. The second-order valence-electron chi connectivity index (χ2n) is 13.0. The third kappa shape index (κ3) is 5.56. The van der Waals surface area contributed by atoms with Crippen molar-refractivity contribution in [2.24, 2.45) is 0 Å². The molecule has 1 aliphatic heterocycles. The number of aromatic amines is 1. The molecule has 6 nitrogen and oxygen atoms in total. The van der Waals surface area contributed by atoms with Crippen molar-refractivity contribution in [3.8, 4) is 22.4 Å². The molecule has 6 heteroatoms. The van der Waals surface area contributed by atoms with Gasteiger partial charge in [0.25, 0.3) is 11.8 Å². The molecule has 2 heterocycles. The van der Waals surface area contributed by atoms with Gasteiger partial charge in [0.05, 0.1) is 12.8 Å². The van der Waals surface area contributed by atoms with Gasteiger partial charge >= 0.3 is 0 Å². The number of amides is 2. The first-order valence-electron chi connectivity index (χ1n) is 16.9. The van der Waals surface area contributed by atoms with E-state index in [2.05, 4.69) is 64.0 Å². The van der Waals surface area contributed by atoms with Crippen LogP contribution in [0.4, 0.5) is 11.4 Å². The van der Waals surface area contributed by atoms with Gasteiger partial charge in [-0.05, 0) is 141 Å². The fraction of sp³-hybridized carbons (Fsp3) is 0.293. The Hall–Kier alpha value is -4.97. The number of carbonyl (C=O) groups excluding carboxylic acids is 2. The van der Waals surface area contributed by atoms with E-state index in [1.54, 1.807) is 11.0 Å². The second kappa shape index (κ2) is 12.3. The Bertz CT molecular complexity index is 2140. The van der Waals surface area contributed by atoms with Crippen LogP contribution in [0.1, 0.15) is 85.0 Å². The molecule has 0 radical (unpaired) electrons. The molecular formula is C41H44N4O2. The zero-order valence-corrected chi connectivity index (χ0v) is 29.0. The Morgan fingerprint density at radius 2 is 1.60 bits per heavy atom. The summed E-state index contributed by atoms with van der Waals surface area (Å²) in [5.74, 6) is 0.531. The molecule has 4 aromatic carbocycles. The molecule has 0 fully saturated rings. The Morgan fingerprint density at radius 3 is 2.32 bits per heavy atom. The molecule has 5 aromatic rings. The van der Waals surface area contributed by atoms with E-state index in [9.17, 15) is 11.0 Å². The first kappa shape index (κ1) is 30.7. The first-order valence-corrected chi connectivity index (χ1v) is 16.4. The summed E-state index contributed by atoms with van der Waals surface area (Å²) in [5, 5.41) is 3.13. The van der Waals surface area contributed by atoms with Gasteiger partial charge in [-0.2, -0.15) is 0 Å². The normalized spacial score (nSPS) is 12.7. The zero-order chi connectivity index (χ0) is 34.6. The average Bonchev–Trinajstić information content (AvgIpc) is 3.41. The number of hydrogen-bond acceptors (Lipinski definition) is 3. The average molecular weight is 626 g/mol. The highest BCUT2D eigenvalue weighted by Crippen LogP contribution is 2.41. The van der Waals surface area contributed by atoms with Gasteiger partial charge in [-0.3, -0.25) is 9.59 Å². The molecule has 0 aliphatic carbocycles. The predicted molar refractivity (Wildman–Crippen MR) is 193 cm³/mol. The van der Waals surface area contributed by atoms with Gasteiger partial charge in [-0.1, -0.05) is 31.2 Å². The number of benzene rings is 4. The molecule has 0 saturated heterocycles. The topological polar surface area (TPSA) is 78.1 Å². The van der Waals surface area contributed by atoms with Crippen LogP contribution in [0.2, 0.25) is 0 Å². The minimum Gasteiger partial charge on any atom is -0.345 e. The quantitative estimate of drug-likeness (QED) is 0.204. The van der Waals surface area contributed by atoms with Crippen molar-refractivity contribution < 1.29 is 11.0 Å². The fourth-order valence-electron chi connectivity index (χ4n) is 6.69. The van der Waals surface area contributed by atoms with Crippen LogP contribution >= 0.6 is 0 Å². The Morgan fingerprint density at radius 1 is 0.851 bits per heavy atom. The predicted octanol–water partition coefficient (Wildman–Crippen LogP) is 9.23. The van der Waals surface area contributed by atoms with Crippen molar-refractivity contribution in [3.05, 3.63) is 122 Å². The summed E-state index contributed by atoms with van der Waals surface area (Å²) >= 11 is 0. The lowest BCUT2D eigenvalue weighted by Gasteiger charge is -2.26. The van der Waals surface area contributed by atoms with Crippen molar-refractivity contribution in [1.29, 1.82) is 0 Å². The molecule has 47 heavy (non-hydrogen) atoms. The molecular weight excluding hydrogens is 580 g/mol. The fourth-order valence-corrected chi connectivity index (χ4v) is 6.69. The summed E-state index contributed by atoms with van der Waals surface area (Å²) in [5.41, 5.74) is 15.3.